The number of carbonyl (C=O) groups is 1. The normalized spacial score (nSPS) is 12.2. The van der Waals surface area contributed by atoms with Crippen LogP contribution in [0.3, 0.4) is 0 Å². The van der Waals surface area contributed by atoms with E-state index in [1.54, 1.807) is 19.1 Å². The first-order chi connectivity index (χ1) is 6.65. The van der Waals surface area contributed by atoms with Gasteiger partial charge in [0.25, 0.3) is 0 Å². The van der Waals surface area contributed by atoms with Gasteiger partial charge in [-0.05, 0) is 13.0 Å². The van der Waals surface area contributed by atoms with Gasteiger partial charge in [-0.3, -0.25) is 0 Å². The second-order valence-corrected chi connectivity index (χ2v) is 3.02. The van der Waals surface area contributed by atoms with Gasteiger partial charge in [-0.25, -0.2) is 4.79 Å². The highest BCUT2D eigenvalue weighted by molar-refractivity contribution is 5.77. The predicted octanol–water partition coefficient (Wildman–Crippen LogP) is 0.398. The molecule has 0 aromatic heterocycles. The van der Waals surface area contributed by atoms with E-state index in [1.165, 1.54) is 0 Å². The van der Waals surface area contributed by atoms with E-state index in [-0.39, 0.29) is 0 Å². The summed E-state index contributed by atoms with van der Waals surface area (Å²) in [5, 5.41) is 0. The Morgan fingerprint density at radius 3 is 2.71 bits per heavy atom. The molecule has 4 heteroatoms. The smallest absolute Gasteiger partial charge is 0.328 e. The number of para-hydroxylation sites is 1. The number of rotatable bonds is 3. The molecule has 1 aromatic rings. The van der Waals surface area contributed by atoms with Crippen LogP contribution in [0, 0.1) is 0 Å². The summed E-state index contributed by atoms with van der Waals surface area (Å²) in [7, 11) is 0. The zero-order valence-electron chi connectivity index (χ0n) is 8.07. The Hall–Kier alpha value is -1.39. The molecule has 0 amide bonds. The molecule has 4 N–H and O–H groups in total. The molecule has 0 heterocycles. The second kappa shape index (κ2) is 4.74. The average molecular weight is 194 g/mol. The van der Waals surface area contributed by atoms with Crippen LogP contribution in [0.5, 0.6) is 5.75 Å². The molecule has 0 bridgehead atoms. The highest BCUT2D eigenvalue weighted by atomic mass is 16.5. The minimum Gasteiger partial charge on any atom is -0.425 e. The van der Waals surface area contributed by atoms with Crippen molar-refractivity contribution in [2.24, 2.45) is 11.5 Å². The lowest BCUT2D eigenvalue weighted by Crippen LogP contribution is -2.31. The molecule has 4 nitrogen and oxygen atoms in total. The Morgan fingerprint density at radius 2 is 2.14 bits per heavy atom. The predicted molar refractivity (Wildman–Crippen MR) is 53.6 cm³/mol. The maximum atomic E-state index is 11.2. The molecule has 0 aliphatic rings. The summed E-state index contributed by atoms with van der Waals surface area (Å²) < 4.78 is 5.05. The van der Waals surface area contributed by atoms with Gasteiger partial charge < -0.3 is 16.2 Å². The molecule has 0 aliphatic carbocycles. The molecular formula is C10H14N2O2. The van der Waals surface area contributed by atoms with Crippen molar-refractivity contribution in [2.45, 2.75) is 19.5 Å². The average Bonchev–Trinajstić information content (AvgIpc) is 2.18. The van der Waals surface area contributed by atoms with E-state index in [2.05, 4.69) is 0 Å². The highest BCUT2D eigenvalue weighted by Gasteiger charge is 2.11. The summed E-state index contributed by atoms with van der Waals surface area (Å²) in [4.78, 5) is 11.2. The van der Waals surface area contributed by atoms with E-state index in [4.69, 9.17) is 16.2 Å². The van der Waals surface area contributed by atoms with E-state index < -0.39 is 12.0 Å². The van der Waals surface area contributed by atoms with Crippen molar-refractivity contribution < 1.29 is 9.53 Å². The lowest BCUT2D eigenvalue weighted by Gasteiger charge is -2.09. The number of carbonyl (C=O) groups excluding carboxylic acids is 1. The Labute approximate surface area is 82.8 Å². The van der Waals surface area contributed by atoms with Crippen molar-refractivity contribution in [2.75, 3.05) is 0 Å². The maximum absolute atomic E-state index is 11.2. The van der Waals surface area contributed by atoms with Crippen LogP contribution in [-0.4, -0.2) is 12.0 Å². The Bertz CT molecular complexity index is 324. The van der Waals surface area contributed by atoms with E-state index in [1.807, 2.05) is 12.1 Å². The summed E-state index contributed by atoms with van der Waals surface area (Å²) in [5.41, 5.74) is 11.6. The lowest BCUT2D eigenvalue weighted by atomic mass is 10.2. The Kier molecular flexibility index (Phi) is 3.62. The molecule has 0 saturated heterocycles. The van der Waals surface area contributed by atoms with Gasteiger partial charge in [-0.1, -0.05) is 18.2 Å². The van der Waals surface area contributed by atoms with Crippen LogP contribution in [0.15, 0.2) is 24.3 Å². The molecule has 14 heavy (non-hydrogen) atoms. The van der Waals surface area contributed by atoms with Gasteiger partial charge in [-0.2, -0.15) is 0 Å². The van der Waals surface area contributed by atoms with Crippen LogP contribution in [0.25, 0.3) is 0 Å². The molecule has 0 saturated carbocycles. The molecule has 0 aliphatic heterocycles. The third-order valence-corrected chi connectivity index (χ3v) is 1.77. The van der Waals surface area contributed by atoms with Gasteiger partial charge in [0, 0.05) is 12.1 Å². The number of nitrogens with two attached hydrogens (primary N) is 2. The highest BCUT2D eigenvalue weighted by Crippen LogP contribution is 2.17. The van der Waals surface area contributed by atoms with Gasteiger partial charge >= 0.3 is 5.97 Å². The zero-order valence-corrected chi connectivity index (χ0v) is 8.07. The molecule has 1 atom stereocenters. The fourth-order valence-corrected chi connectivity index (χ4v) is 0.973. The topological polar surface area (TPSA) is 78.3 Å². The number of benzene rings is 1. The number of hydrogen-bond acceptors (Lipinski definition) is 4. The van der Waals surface area contributed by atoms with Crippen LogP contribution < -0.4 is 16.2 Å². The van der Waals surface area contributed by atoms with Gasteiger partial charge in [0.15, 0.2) is 0 Å². The number of hydrogen-bond donors (Lipinski definition) is 2. The molecule has 0 fully saturated rings. The van der Waals surface area contributed by atoms with Crippen LogP contribution in [0.2, 0.25) is 0 Å². The van der Waals surface area contributed by atoms with E-state index in [0.29, 0.717) is 12.3 Å². The van der Waals surface area contributed by atoms with Crippen molar-refractivity contribution in [1.82, 2.24) is 0 Å². The van der Waals surface area contributed by atoms with Crippen molar-refractivity contribution in [1.29, 1.82) is 0 Å². The second-order valence-electron chi connectivity index (χ2n) is 3.02. The van der Waals surface area contributed by atoms with Gasteiger partial charge in [0.2, 0.25) is 0 Å². The van der Waals surface area contributed by atoms with Crippen molar-refractivity contribution in [3.63, 3.8) is 0 Å². The summed E-state index contributed by atoms with van der Waals surface area (Å²) in [6, 6.07) is 6.50. The monoisotopic (exact) mass is 194 g/mol. The molecule has 76 valence electrons. The lowest BCUT2D eigenvalue weighted by molar-refractivity contribution is -0.135. The van der Waals surface area contributed by atoms with Crippen LogP contribution >= 0.6 is 0 Å². The van der Waals surface area contributed by atoms with Crippen LogP contribution in [-0.2, 0) is 11.3 Å². The third-order valence-electron chi connectivity index (χ3n) is 1.77. The minimum atomic E-state index is -0.624. The Balaban J connectivity index is 2.80. The summed E-state index contributed by atoms with van der Waals surface area (Å²) in [5.74, 6) is 0.0307. The number of ether oxygens (including phenoxy) is 1. The summed E-state index contributed by atoms with van der Waals surface area (Å²) in [6.07, 6.45) is 0. The molecule has 1 aromatic carbocycles. The molecule has 0 radical (unpaired) electrons. The fraction of sp³-hybridized carbons (Fsp3) is 0.300. The van der Waals surface area contributed by atoms with E-state index >= 15 is 0 Å². The van der Waals surface area contributed by atoms with Gasteiger partial charge in [-0.15, -0.1) is 0 Å². The third kappa shape index (κ3) is 2.55. The molecule has 0 unspecified atom stereocenters. The zero-order chi connectivity index (χ0) is 10.6. The Morgan fingerprint density at radius 1 is 1.50 bits per heavy atom. The SMILES string of the molecule is C[C@H](N)C(=O)Oc1ccccc1CN. The molecule has 1 rings (SSSR count). The van der Waals surface area contributed by atoms with E-state index in [9.17, 15) is 4.79 Å². The largest absolute Gasteiger partial charge is 0.425 e. The fourth-order valence-electron chi connectivity index (χ4n) is 0.973. The molecular weight excluding hydrogens is 180 g/mol. The van der Waals surface area contributed by atoms with Crippen molar-refractivity contribution >= 4 is 5.97 Å². The minimum absolute atomic E-state index is 0.336. The van der Waals surface area contributed by atoms with E-state index in [0.717, 1.165) is 5.56 Å². The van der Waals surface area contributed by atoms with Crippen molar-refractivity contribution in [3.05, 3.63) is 29.8 Å². The maximum Gasteiger partial charge on any atom is 0.328 e. The van der Waals surface area contributed by atoms with Gasteiger partial charge in [0.1, 0.15) is 11.8 Å². The van der Waals surface area contributed by atoms with Crippen LogP contribution in [0.4, 0.5) is 0 Å². The summed E-state index contributed by atoms with van der Waals surface area (Å²) in [6.45, 7) is 1.91. The first-order valence-electron chi connectivity index (χ1n) is 4.40. The summed E-state index contributed by atoms with van der Waals surface area (Å²) >= 11 is 0. The quantitative estimate of drug-likeness (QED) is 0.539. The standard InChI is InChI=1S/C10H14N2O2/c1-7(12)10(13)14-9-5-3-2-4-8(9)6-11/h2-5,7H,6,11-12H2,1H3/t7-/m0/s1. The number of esters is 1. The van der Waals surface area contributed by atoms with Crippen LogP contribution in [0.1, 0.15) is 12.5 Å². The first kappa shape index (κ1) is 10.7. The van der Waals surface area contributed by atoms with Gasteiger partial charge in [0.05, 0.1) is 0 Å². The van der Waals surface area contributed by atoms with Crippen molar-refractivity contribution in [3.8, 4) is 5.75 Å². The first-order valence-corrected chi connectivity index (χ1v) is 4.40. The molecule has 0 spiro atoms.